The number of nitrogens with zero attached hydrogens (tertiary/aromatic N) is 5. The Hall–Kier alpha value is -3.82. The van der Waals surface area contributed by atoms with Crippen LogP contribution in [0.4, 0.5) is 10.6 Å². The van der Waals surface area contributed by atoms with E-state index in [0.717, 1.165) is 5.56 Å². The van der Waals surface area contributed by atoms with E-state index in [1.165, 1.54) is 12.4 Å². The summed E-state index contributed by atoms with van der Waals surface area (Å²) in [6.07, 6.45) is 7.88. The number of anilines is 1. The van der Waals surface area contributed by atoms with Gasteiger partial charge in [-0.3, -0.25) is 25.1 Å². The molecule has 2 N–H and O–H groups in total. The number of carbonyl (C=O) groups excluding carboxylic acids is 2. The van der Waals surface area contributed by atoms with Crippen LogP contribution in [0.1, 0.15) is 20.8 Å². The number of ether oxygens (including phenoxy) is 1. The number of imide groups is 1. The molecule has 0 aromatic carbocycles. The van der Waals surface area contributed by atoms with Crippen LogP contribution in [0.25, 0.3) is 11.3 Å². The first kappa shape index (κ1) is 19.9. The maximum atomic E-state index is 11.9. The van der Waals surface area contributed by atoms with Gasteiger partial charge in [-0.25, -0.2) is 14.8 Å². The Morgan fingerprint density at radius 2 is 1.90 bits per heavy atom. The summed E-state index contributed by atoms with van der Waals surface area (Å²) >= 11 is 0. The van der Waals surface area contributed by atoms with Gasteiger partial charge in [-0.15, -0.1) is 0 Å². The number of nitrogens with one attached hydrogen (secondary N) is 2. The molecule has 3 rings (SSSR count). The lowest BCUT2D eigenvalue weighted by molar-refractivity contribution is -0.127. The second kappa shape index (κ2) is 8.05. The first-order chi connectivity index (χ1) is 13.7. The number of hydrogen-bond donors (Lipinski definition) is 2. The molecule has 0 aliphatic heterocycles. The number of amides is 3. The molecule has 0 atom stereocenters. The van der Waals surface area contributed by atoms with Gasteiger partial charge in [0.05, 0.1) is 24.3 Å². The summed E-state index contributed by atoms with van der Waals surface area (Å²) in [6, 6.07) is 2.78. The lowest BCUT2D eigenvalue weighted by Gasteiger charge is -2.16. The summed E-state index contributed by atoms with van der Waals surface area (Å²) in [5.41, 5.74) is 0.890. The minimum absolute atomic E-state index is 0.183. The molecule has 29 heavy (non-hydrogen) atoms. The fourth-order valence-electron chi connectivity index (χ4n) is 2.18. The van der Waals surface area contributed by atoms with Crippen molar-refractivity contribution in [3.05, 3.63) is 43.1 Å². The van der Waals surface area contributed by atoms with E-state index >= 15 is 0 Å². The first-order valence-electron chi connectivity index (χ1n) is 8.78. The number of carbonyl (C=O) groups is 2. The maximum Gasteiger partial charge on any atom is 0.327 e. The van der Waals surface area contributed by atoms with Crippen molar-refractivity contribution >= 4 is 17.8 Å². The molecule has 3 amide bonds. The molecule has 10 heteroatoms. The highest BCUT2D eigenvalue weighted by atomic mass is 16.5. The fraction of sp³-hybridized carbons (Fsp3) is 0.263. The highest BCUT2D eigenvalue weighted by molar-refractivity contribution is 6.02. The van der Waals surface area contributed by atoms with Crippen LogP contribution in [0, 0.1) is 5.41 Å². The molecule has 0 fully saturated rings. The van der Waals surface area contributed by atoms with Gasteiger partial charge in [0, 0.05) is 36.5 Å². The monoisotopic (exact) mass is 395 g/mol. The predicted octanol–water partition coefficient (Wildman–Crippen LogP) is 2.76. The summed E-state index contributed by atoms with van der Waals surface area (Å²) in [4.78, 5) is 36.2. The van der Waals surface area contributed by atoms with E-state index in [4.69, 9.17) is 4.74 Å². The minimum Gasteiger partial charge on any atom is -0.437 e. The van der Waals surface area contributed by atoms with Crippen LogP contribution < -0.4 is 15.4 Å². The van der Waals surface area contributed by atoms with Gasteiger partial charge in [0.1, 0.15) is 5.75 Å². The molecule has 0 aliphatic carbocycles. The maximum absolute atomic E-state index is 11.9. The van der Waals surface area contributed by atoms with Crippen LogP contribution in [-0.2, 0) is 11.8 Å². The summed E-state index contributed by atoms with van der Waals surface area (Å²) in [5, 5.41) is 8.82. The molecular formula is C19H21N7O3. The van der Waals surface area contributed by atoms with Crippen LogP contribution in [0.2, 0.25) is 0 Å². The molecule has 150 valence electrons. The van der Waals surface area contributed by atoms with Gasteiger partial charge >= 0.3 is 6.03 Å². The van der Waals surface area contributed by atoms with Crippen LogP contribution in [0.15, 0.2) is 43.1 Å². The Kier molecular flexibility index (Phi) is 5.53. The van der Waals surface area contributed by atoms with Crippen molar-refractivity contribution in [1.29, 1.82) is 0 Å². The summed E-state index contributed by atoms with van der Waals surface area (Å²) in [5.74, 6) is 0.555. The lowest BCUT2D eigenvalue weighted by atomic mass is 9.96. The van der Waals surface area contributed by atoms with Crippen molar-refractivity contribution < 1.29 is 14.3 Å². The highest BCUT2D eigenvalue weighted by Gasteiger charge is 2.23. The Morgan fingerprint density at radius 1 is 1.10 bits per heavy atom. The van der Waals surface area contributed by atoms with E-state index in [2.05, 4.69) is 30.7 Å². The van der Waals surface area contributed by atoms with Gasteiger partial charge in [-0.2, -0.15) is 5.10 Å². The molecule has 10 nitrogen and oxygen atoms in total. The smallest absolute Gasteiger partial charge is 0.327 e. The van der Waals surface area contributed by atoms with Crippen molar-refractivity contribution in [3.8, 4) is 22.9 Å². The van der Waals surface area contributed by atoms with Gasteiger partial charge < -0.3 is 4.74 Å². The molecule has 0 saturated carbocycles. The second-order valence-corrected chi connectivity index (χ2v) is 7.28. The quantitative estimate of drug-likeness (QED) is 0.696. The number of aromatic nitrogens is 5. The number of hydrogen-bond acceptors (Lipinski definition) is 7. The zero-order valence-electron chi connectivity index (χ0n) is 16.5. The number of rotatable bonds is 4. The standard InChI is InChI=1S/C19H21N7O3/c1-19(2,3)17(27)25-18(28)24-15-9-22-16(10-21-15)29-13-5-6-20-14(7-13)12-8-23-26(4)11-12/h5-11H,1-4H3,(H2,21,24,25,27,28). The molecule has 3 aromatic heterocycles. The Labute approximate surface area is 167 Å². The van der Waals surface area contributed by atoms with Crippen molar-refractivity contribution in [2.24, 2.45) is 12.5 Å². The Balaban J connectivity index is 1.62. The van der Waals surface area contributed by atoms with Crippen LogP contribution in [-0.4, -0.2) is 36.7 Å². The average molecular weight is 395 g/mol. The topological polar surface area (TPSA) is 124 Å². The van der Waals surface area contributed by atoms with E-state index in [9.17, 15) is 9.59 Å². The molecule has 0 unspecified atom stereocenters. The van der Waals surface area contributed by atoms with E-state index in [1.807, 2.05) is 13.2 Å². The van der Waals surface area contributed by atoms with Crippen molar-refractivity contribution in [1.82, 2.24) is 30.0 Å². The minimum atomic E-state index is -0.681. The molecule has 3 aromatic rings. The SMILES string of the molecule is Cn1cc(-c2cc(Oc3cnc(NC(=O)NC(=O)C(C)(C)C)cn3)ccn2)cn1. The van der Waals surface area contributed by atoms with Crippen LogP contribution in [0.3, 0.4) is 0 Å². The van der Waals surface area contributed by atoms with E-state index in [-0.39, 0.29) is 11.7 Å². The van der Waals surface area contributed by atoms with Crippen molar-refractivity contribution in [3.63, 3.8) is 0 Å². The fourth-order valence-corrected chi connectivity index (χ4v) is 2.18. The molecule has 0 radical (unpaired) electrons. The van der Waals surface area contributed by atoms with Crippen molar-refractivity contribution in [2.45, 2.75) is 20.8 Å². The molecule has 3 heterocycles. The van der Waals surface area contributed by atoms with Crippen LogP contribution in [0.5, 0.6) is 11.6 Å². The zero-order valence-corrected chi connectivity index (χ0v) is 16.5. The van der Waals surface area contributed by atoms with E-state index in [0.29, 0.717) is 11.4 Å². The third kappa shape index (κ3) is 5.34. The lowest BCUT2D eigenvalue weighted by Crippen LogP contribution is -2.41. The van der Waals surface area contributed by atoms with Gasteiger partial charge in [0.15, 0.2) is 5.82 Å². The molecule has 0 bridgehead atoms. The zero-order chi connectivity index (χ0) is 21.0. The van der Waals surface area contributed by atoms with E-state index < -0.39 is 17.4 Å². The Morgan fingerprint density at radius 3 is 2.52 bits per heavy atom. The van der Waals surface area contributed by atoms with Gasteiger partial charge in [-0.05, 0) is 6.07 Å². The number of aryl methyl sites for hydroxylation is 1. The van der Waals surface area contributed by atoms with Gasteiger partial charge in [0.2, 0.25) is 11.8 Å². The summed E-state index contributed by atoms with van der Waals surface area (Å²) in [7, 11) is 1.83. The number of pyridine rings is 1. The molecule has 0 saturated heterocycles. The first-order valence-corrected chi connectivity index (χ1v) is 8.78. The summed E-state index contributed by atoms with van der Waals surface area (Å²) < 4.78 is 7.38. The Bertz CT molecular complexity index is 1020. The van der Waals surface area contributed by atoms with E-state index in [1.54, 1.807) is 50.0 Å². The van der Waals surface area contributed by atoms with Gasteiger partial charge in [-0.1, -0.05) is 20.8 Å². The third-order valence-corrected chi connectivity index (χ3v) is 3.73. The molecule has 0 spiro atoms. The predicted molar refractivity (Wildman–Crippen MR) is 105 cm³/mol. The van der Waals surface area contributed by atoms with Gasteiger partial charge in [0.25, 0.3) is 0 Å². The molecule has 0 aliphatic rings. The summed E-state index contributed by atoms with van der Waals surface area (Å²) in [6.45, 7) is 5.13. The van der Waals surface area contributed by atoms with Crippen molar-refractivity contribution in [2.75, 3.05) is 5.32 Å². The third-order valence-electron chi connectivity index (χ3n) is 3.73. The normalized spacial score (nSPS) is 11.0. The average Bonchev–Trinajstić information content (AvgIpc) is 3.09. The number of urea groups is 1. The molecular weight excluding hydrogens is 374 g/mol. The van der Waals surface area contributed by atoms with Crippen LogP contribution >= 0.6 is 0 Å². The largest absolute Gasteiger partial charge is 0.437 e. The second-order valence-electron chi connectivity index (χ2n) is 7.28. The highest BCUT2D eigenvalue weighted by Crippen LogP contribution is 2.24.